The quantitative estimate of drug-likeness (QED) is 0.764. The summed E-state index contributed by atoms with van der Waals surface area (Å²) in [6.07, 6.45) is 0. The Morgan fingerprint density at radius 1 is 1.11 bits per heavy atom. The first kappa shape index (κ1) is 11.1. The maximum Gasteiger partial charge on any atom is 0.120 e. The zero-order valence-corrected chi connectivity index (χ0v) is 10.5. The van der Waals surface area contributed by atoms with Crippen LogP contribution >= 0.6 is 11.8 Å². The van der Waals surface area contributed by atoms with Gasteiger partial charge in [0.25, 0.3) is 0 Å². The van der Waals surface area contributed by atoms with Crippen molar-refractivity contribution in [3.8, 4) is 5.75 Å². The van der Waals surface area contributed by atoms with Gasteiger partial charge in [0.15, 0.2) is 0 Å². The van der Waals surface area contributed by atoms with E-state index in [-0.39, 0.29) is 0 Å². The summed E-state index contributed by atoms with van der Waals surface area (Å²) in [5.41, 5.74) is 1.60. The Balaban J connectivity index is 2.16. The monoisotopic (exact) mass is 258 g/mol. The van der Waals surface area contributed by atoms with Crippen molar-refractivity contribution >= 4 is 23.1 Å². The van der Waals surface area contributed by atoms with Gasteiger partial charge >= 0.3 is 0 Å². The van der Waals surface area contributed by atoms with Gasteiger partial charge in [-0.25, -0.2) is 0 Å². The summed E-state index contributed by atoms with van der Waals surface area (Å²) in [4.78, 5) is 13.1. The number of hydrogen-bond acceptors (Lipinski definition) is 4. The van der Waals surface area contributed by atoms with Crippen molar-refractivity contribution < 1.29 is 4.74 Å². The number of hydrogen-bond donors (Lipinski definition) is 0. The van der Waals surface area contributed by atoms with Gasteiger partial charge < -0.3 is 4.74 Å². The van der Waals surface area contributed by atoms with Crippen LogP contribution in [0.3, 0.4) is 0 Å². The fraction of sp³-hybridized carbons (Fsp3) is 0.0769. The summed E-state index contributed by atoms with van der Waals surface area (Å²) in [5, 5.41) is 4.53. The summed E-state index contributed by atoms with van der Waals surface area (Å²) in [5.74, 6) is 0.770. The number of fused-ring (bicyclic) bond motifs is 2. The van der Waals surface area contributed by atoms with E-state index in [1.807, 2.05) is 42.5 Å². The Morgan fingerprint density at radius 2 is 1.89 bits per heavy atom. The van der Waals surface area contributed by atoms with Crippen molar-refractivity contribution in [2.24, 2.45) is 5.29 Å². The third-order valence-corrected chi connectivity index (χ3v) is 3.90. The number of ether oxygens (including phenoxy) is 1. The van der Waals surface area contributed by atoms with E-state index in [4.69, 9.17) is 4.74 Å². The molecule has 0 bridgehead atoms. The topological polar surface area (TPSA) is 41.9 Å². The highest BCUT2D eigenvalue weighted by Gasteiger charge is 2.24. The van der Waals surface area contributed by atoms with Crippen LogP contribution in [0.1, 0.15) is 0 Å². The van der Waals surface area contributed by atoms with Crippen molar-refractivity contribution in [1.82, 2.24) is 0 Å². The normalized spacial score (nSPS) is 12.6. The number of anilines is 2. The van der Waals surface area contributed by atoms with E-state index < -0.39 is 0 Å². The van der Waals surface area contributed by atoms with Crippen LogP contribution < -0.4 is 9.75 Å². The van der Waals surface area contributed by atoms with Gasteiger partial charge in [-0.2, -0.15) is 5.01 Å². The highest BCUT2D eigenvalue weighted by Crippen LogP contribution is 2.49. The molecule has 0 saturated carbocycles. The van der Waals surface area contributed by atoms with E-state index in [1.54, 1.807) is 18.9 Å². The van der Waals surface area contributed by atoms with Gasteiger partial charge in [-0.3, -0.25) is 0 Å². The smallest absolute Gasteiger partial charge is 0.120 e. The standard InChI is InChI=1S/C13H10N2O2S/c1-17-9-6-7-11-13(8-9)18-12-5-3-2-4-10(12)15(11)14-16/h2-8H,1H3. The molecule has 0 radical (unpaired) electrons. The maximum atomic E-state index is 11.1. The third kappa shape index (κ3) is 1.64. The van der Waals surface area contributed by atoms with Gasteiger partial charge in [-0.1, -0.05) is 23.9 Å². The van der Waals surface area contributed by atoms with Crippen molar-refractivity contribution in [2.45, 2.75) is 9.79 Å². The minimum Gasteiger partial charge on any atom is -0.497 e. The molecule has 18 heavy (non-hydrogen) atoms. The molecule has 90 valence electrons. The molecule has 0 spiro atoms. The molecule has 0 aromatic heterocycles. The number of rotatable bonds is 2. The Bertz CT molecular complexity index is 616. The third-order valence-electron chi connectivity index (χ3n) is 2.79. The van der Waals surface area contributed by atoms with Crippen LogP contribution in [-0.2, 0) is 0 Å². The lowest BCUT2D eigenvalue weighted by Crippen LogP contribution is -2.12. The predicted molar refractivity (Wildman–Crippen MR) is 71.5 cm³/mol. The number of para-hydroxylation sites is 1. The SMILES string of the molecule is COc1ccc2c(c1)Sc1ccccc1N2N=O. The number of nitrogens with zero attached hydrogens (tertiary/aromatic N) is 2. The molecule has 1 aliphatic heterocycles. The molecule has 0 N–H and O–H groups in total. The first-order valence-electron chi connectivity index (χ1n) is 5.42. The van der Waals surface area contributed by atoms with Crippen LogP contribution in [-0.4, -0.2) is 7.11 Å². The van der Waals surface area contributed by atoms with Gasteiger partial charge in [0.1, 0.15) is 5.75 Å². The maximum absolute atomic E-state index is 11.1. The van der Waals surface area contributed by atoms with E-state index in [0.717, 1.165) is 26.9 Å². The minimum atomic E-state index is 0.770. The molecule has 3 rings (SSSR count). The van der Waals surface area contributed by atoms with E-state index in [1.165, 1.54) is 5.01 Å². The van der Waals surface area contributed by atoms with Crippen molar-refractivity contribution in [2.75, 3.05) is 12.1 Å². The lowest BCUT2D eigenvalue weighted by molar-refractivity contribution is 0.413. The van der Waals surface area contributed by atoms with Crippen LogP contribution in [0, 0.1) is 4.91 Å². The molecule has 4 nitrogen and oxygen atoms in total. The lowest BCUT2D eigenvalue weighted by atomic mass is 10.2. The Labute approximate surface area is 109 Å². The molecule has 0 amide bonds. The molecular weight excluding hydrogens is 248 g/mol. The number of benzene rings is 2. The first-order chi connectivity index (χ1) is 8.83. The average Bonchev–Trinajstić information content (AvgIpc) is 2.44. The second-order valence-corrected chi connectivity index (χ2v) is 4.88. The van der Waals surface area contributed by atoms with E-state index >= 15 is 0 Å². The van der Waals surface area contributed by atoms with Crippen molar-refractivity contribution in [3.05, 3.63) is 47.4 Å². The zero-order valence-electron chi connectivity index (χ0n) is 9.66. The van der Waals surface area contributed by atoms with Gasteiger partial charge in [-0.05, 0) is 30.3 Å². The fourth-order valence-corrected chi connectivity index (χ4v) is 3.01. The Morgan fingerprint density at radius 3 is 2.67 bits per heavy atom. The van der Waals surface area contributed by atoms with E-state index in [0.29, 0.717) is 0 Å². The summed E-state index contributed by atoms with van der Waals surface area (Å²) >= 11 is 1.61. The minimum absolute atomic E-state index is 0.770. The Kier molecular flexibility index (Phi) is 2.68. The number of nitroso groups, excluding NO2 is 1. The van der Waals surface area contributed by atoms with Crippen LogP contribution in [0.5, 0.6) is 5.75 Å². The second kappa shape index (κ2) is 4.34. The summed E-state index contributed by atoms with van der Waals surface area (Å²) in [6.45, 7) is 0. The van der Waals surface area contributed by atoms with E-state index in [2.05, 4.69) is 5.29 Å². The van der Waals surface area contributed by atoms with Crippen LogP contribution in [0.15, 0.2) is 57.5 Å². The molecule has 0 unspecified atom stereocenters. The van der Waals surface area contributed by atoms with Gasteiger partial charge in [0.2, 0.25) is 0 Å². The van der Waals surface area contributed by atoms with Gasteiger partial charge in [0.05, 0.1) is 23.8 Å². The summed E-state index contributed by atoms with van der Waals surface area (Å²) in [7, 11) is 1.62. The first-order valence-corrected chi connectivity index (χ1v) is 6.23. The molecule has 5 heteroatoms. The molecule has 0 atom stereocenters. The lowest BCUT2D eigenvalue weighted by Gasteiger charge is -2.26. The average molecular weight is 258 g/mol. The van der Waals surface area contributed by atoms with Crippen LogP contribution in [0.25, 0.3) is 0 Å². The fourth-order valence-electron chi connectivity index (χ4n) is 1.93. The highest BCUT2D eigenvalue weighted by molar-refractivity contribution is 7.99. The number of methoxy groups -OCH3 is 1. The van der Waals surface area contributed by atoms with Gasteiger partial charge in [0, 0.05) is 9.79 Å². The highest BCUT2D eigenvalue weighted by atomic mass is 32.2. The molecule has 1 heterocycles. The molecule has 2 aromatic rings. The molecule has 0 saturated heterocycles. The van der Waals surface area contributed by atoms with Crippen LogP contribution in [0.2, 0.25) is 0 Å². The molecule has 1 aliphatic rings. The summed E-state index contributed by atoms with van der Waals surface area (Å²) in [6, 6.07) is 13.3. The molecular formula is C13H10N2O2S. The van der Waals surface area contributed by atoms with Crippen LogP contribution in [0.4, 0.5) is 11.4 Å². The van der Waals surface area contributed by atoms with Crippen molar-refractivity contribution in [1.29, 1.82) is 0 Å². The Hall–Kier alpha value is -2.01. The molecule has 0 aliphatic carbocycles. The molecule has 0 fully saturated rings. The molecule has 2 aromatic carbocycles. The zero-order chi connectivity index (χ0) is 12.5. The largest absolute Gasteiger partial charge is 0.497 e. The second-order valence-electron chi connectivity index (χ2n) is 3.80. The van der Waals surface area contributed by atoms with Crippen molar-refractivity contribution in [3.63, 3.8) is 0 Å². The summed E-state index contributed by atoms with van der Waals surface area (Å²) < 4.78 is 5.20. The van der Waals surface area contributed by atoms with E-state index in [9.17, 15) is 4.91 Å². The van der Waals surface area contributed by atoms with Gasteiger partial charge in [-0.15, -0.1) is 4.91 Å². The predicted octanol–water partition coefficient (Wildman–Crippen LogP) is 3.98.